The fourth-order valence-electron chi connectivity index (χ4n) is 2.44. The zero-order valence-corrected chi connectivity index (χ0v) is 18.0. The van der Waals surface area contributed by atoms with Crippen LogP contribution in [-0.2, 0) is 9.59 Å². The van der Waals surface area contributed by atoms with E-state index in [1.165, 1.54) is 30.0 Å². The second kappa shape index (κ2) is 9.80. The first kappa shape index (κ1) is 22.8. The lowest BCUT2D eigenvalue weighted by molar-refractivity contribution is -0.118. The summed E-state index contributed by atoms with van der Waals surface area (Å²) >= 11 is 7.32. The Balaban J connectivity index is 1.95. The van der Waals surface area contributed by atoms with Crippen LogP contribution >= 0.6 is 23.4 Å². The van der Waals surface area contributed by atoms with E-state index in [0.29, 0.717) is 12.1 Å². The van der Waals surface area contributed by atoms with Gasteiger partial charge in [0, 0.05) is 17.0 Å². The molecule has 0 radical (unpaired) electrons. The molecule has 2 rings (SSSR count). The predicted octanol–water partition coefficient (Wildman–Crippen LogP) is 5.14. The maximum absolute atomic E-state index is 12.2. The van der Waals surface area contributed by atoms with Gasteiger partial charge >= 0.3 is 5.97 Å². The largest absolute Gasteiger partial charge is 0.478 e. The minimum Gasteiger partial charge on any atom is -0.478 e. The molecule has 0 spiro atoms. The van der Waals surface area contributed by atoms with Crippen LogP contribution in [0.3, 0.4) is 0 Å². The number of thioether (sulfide) groups is 1. The van der Waals surface area contributed by atoms with Gasteiger partial charge in [0.1, 0.15) is 0 Å². The third kappa shape index (κ3) is 7.79. The van der Waals surface area contributed by atoms with Crippen molar-refractivity contribution < 1.29 is 19.5 Å². The summed E-state index contributed by atoms with van der Waals surface area (Å²) in [5, 5.41) is 14.8. The molecule has 29 heavy (non-hydrogen) atoms. The molecule has 0 bridgehead atoms. The third-order valence-electron chi connectivity index (χ3n) is 3.67. The molecule has 0 aliphatic rings. The lowest BCUT2D eigenvalue weighted by atomic mass is 9.92. The van der Waals surface area contributed by atoms with Crippen LogP contribution in [0.4, 0.5) is 11.4 Å². The highest BCUT2D eigenvalue weighted by atomic mass is 35.5. The van der Waals surface area contributed by atoms with Crippen molar-refractivity contribution in [2.75, 3.05) is 16.4 Å². The van der Waals surface area contributed by atoms with Crippen molar-refractivity contribution in [1.82, 2.24) is 0 Å². The summed E-state index contributed by atoms with van der Waals surface area (Å²) in [6.45, 7) is 5.99. The zero-order chi connectivity index (χ0) is 21.6. The van der Waals surface area contributed by atoms with E-state index in [2.05, 4.69) is 10.6 Å². The lowest BCUT2D eigenvalue weighted by Crippen LogP contribution is -2.19. The van der Waals surface area contributed by atoms with Gasteiger partial charge < -0.3 is 15.7 Å². The number of carbonyl (C=O) groups excluding carboxylic acids is 2. The first-order valence-electron chi connectivity index (χ1n) is 8.89. The molecule has 3 N–H and O–H groups in total. The lowest BCUT2D eigenvalue weighted by Gasteiger charge is -2.17. The van der Waals surface area contributed by atoms with Crippen molar-refractivity contribution >= 4 is 52.5 Å². The number of carboxylic acid groups (broad SMARTS) is 1. The highest BCUT2D eigenvalue weighted by Gasteiger charge is 2.16. The van der Waals surface area contributed by atoms with Crippen LogP contribution in [-0.4, -0.2) is 28.6 Å². The number of carbonyl (C=O) groups is 3. The molecule has 2 aromatic rings. The molecule has 6 nitrogen and oxygen atoms in total. The number of anilines is 2. The molecule has 0 saturated carbocycles. The molecule has 0 saturated heterocycles. The fourth-order valence-corrected chi connectivity index (χ4v) is 3.36. The van der Waals surface area contributed by atoms with Gasteiger partial charge in [-0.2, -0.15) is 0 Å². The van der Waals surface area contributed by atoms with Crippen molar-refractivity contribution in [3.05, 3.63) is 53.1 Å². The monoisotopic (exact) mass is 434 g/mol. The predicted molar refractivity (Wildman–Crippen MR) is 117 cm³/mol. The molecule has 0 aromatic heterocycles. The topological polar surface area (TPSA) is 95.5 Å². The molecule has 2 aromatic carbocycles. The van der Waals surface area contributed by atoms with Gasteiger partial charge in [-0.15, -0.1) is 11.8 Å². The van der Waals surface area contributed by atoms with Crippen molar-refractivity contribution in [3.8, 4) is 0 Å². The van der Waals surface area contributed by atoms with Gasteiger partial charge in [0.25, 0.3) is 0 Å². The first-order chi connectivity index (χ1) is 13.5. The second-order valence-corrected chi connectivity index (χ2v) is 9.11. The Morgan fingerprint density at radius 1 is 1.03 bits per heavy atom. The Kier molecular flexibility index (Phi) is 7.70. The standard InChI is InChI=1S/C21H23ClN2O4S/c1-21(2,3)11-18(25)23-14-5-4-6-15(10-14)29-12-19(26)24-17-9-13(20(27)28)7-8-16(17)22/h4-10H,11-12H2,1-3H3,(H,23,25)(H,24,26)(H,27,28). The van der Waals surface area contributed by atoms with Gasteiger partial charge in [-0.05, 0) is 41.8 Å². The molecule has 0 aliphatic carbocycles. The number of hydrogen-bond donors (Lipinski definition) is 3. The second-order valence-electron chi connectivity index (χ2n) is 7.65. The van der Waals surface area contributed by atoms with Crippen LogP contribution < -0.4 is 10.6 Å². The van der Waals surface area contributed by atoms with E-state index in [1.54, 1.807) is 18.2 Å². The van der Waals surface area contributed by atoms with Gasteiger partial charge in [0.05, 0.1) is 22.0 Å². The summed E-state index contributed by atoms with van der Waals surface area (Å²) in [5.74, 6) is -1.38. The maximum atomic E-state index is 12.2. The Bertz CT molecular complexity index is 925. The molecule has 0 heterocycles. The molecular weight excluding hydrogens is 412 g/mol. The zero-order valence-electron chi connectivity index (χ0n) is 16.4. The van der Waals surface area contributed by atoms with Gasteiger partial charge in [-0.3, -0.25) is 9.59 Å². The van der Waals surface area contributed by atoms with E-state index < -0.39 is 5.97 Å². The molecule has 0 atom stereocenters. The van der Waals surface area contributed by atoms with E-state index in [9.17, 15) is 14.4 Å². The minimum atomic E-state index is -1.10. The highest BCUT2D eigenvalue weighted by Crippen LogP contribution is 2.26. The fraction of sp³-hybridized carbons (Fsp3) is 0.286. The molecule has 0 fully saturated rings. The first-order valence-corrected chi connectivity index (χ1v) is 10.3. The molecule has 2 amide bonds. The molecule has 154 valence electrons. The summed E-state index contributed by atoms with van der Waals surface area (Å²) in [7, 11) is 0. The van der Waals surface area contributed by atoms with Gasteiger partial charge in [0.2, 0.25) is 11.8 Å². The highest BCUT2D eigenvalue weighted by molar-refractivity contribution is 8.00. The summed E-state index contributed by atoms with van der Waals surface area (Å²) in [4.78, 5) is 36.2. The number of carboxylic acids is 1. The van der Waals surface area contributed by atoms with Crippen LogP contribution in [0.5, 0.6) is 0 Å². The Morgan fingerprint density at radius 3 is 2.41 bits per heavy atom. The van der Waals surface area contributed by atoms with E-state index in [-0.39, 0.29) is 39.3 Å². The van der Waals surface area contributed by atoms with E-state index in [1.807, 2.05) is 26.8 Å². The van der Waals surface area contributed by atoms with Crippen molar-refractivity contribution in [1.29, 1.82) is 0 Å². The van der Waals surface area contributed by atoms with E-state index >= 15 is 0 Å². The van der Waals surface area contributed by atoms with Crippen molar-refractivity contribution in [3.63, 3.8) is 0 Å². The Morgan fingerprint density at radius 2 is 1.76 bits per heavy atom. The van der Waals surface area contributed by atoms with Crippen LogP contribution in [0, 0.1) is 5.41 Å². The van der Waals surface area contributed by atoms with Crippen LogP contribution in [0.1, 0.15) is 37.6 Å². The van der Waals surface area contributed by atoms with Crippen molar-refractivity contribution in [2.45, 2.75) is 32.1 Å². The molecule has 8 heteroatoms. The maximum Gasteiger partial charge on any atom is 0.335 e. The quantitative estimate of drug-likeness (QED) is 0.524. The molecule has 0 aliphatic heterocycles. The molecule has 0 unspecified atom stereocenters. The normalized spacial score (nSPS) is 11.0. The summed E-state index contributed by atoms with van der Waals surface area (Å²) in [6, 6.07) is 11.4. The SMILES string of the molecule is CC(C)(C)CC(=O)Nc1cccc(SCC(=O)Nc2cc(C(=O)O)ccc2Cl)c1. The third-order valence-corrected chi connectivity index (χ3v) is 4.99. The number of halogens is 1. The van der Waals surface area contributed by atoms with Crippen LogP contribution in [0.25, 0.3) is 0 Å². The minimum absolute atomic E-state index is 0.0380. The number of benzene rings is 2. The van der Waals surface area contributed by atoms with Crippen LogP contribution in [0.2, 0.25) is 5.02 Å². The van der Waals surface area contributed by atoms with Gasteiger partial charge in [0.15, 0.2) is 0 Å². The van der Waals surface area contributed by atoms with E-state index in [4.69, 9.17) is 16.7 Å². The average Bonchev–Trinajstić information content (AvgIpc) is 2.60. The number of aromatic carboxylic acids is 1. The Labute approximate surface area is 179 Å². The number of amides is 2. The van der Waals surface area contributed by atoms with E-state index in [0.717, 1.165) is 4.90 Å². The summed E-state index contributed by atoms with van der Waals surface area (Å²) in [6.07, 6.45) is 0.406. The van der Waals surface area contributed by atoms with Crippen molar-refractivity contribution in [2.24, 2.45) is 5.41 Å². The average molecular weight is 435 g/mol. The van der Waals surface area contributed by atoms with Crippen LogP contribution in [0.15, 0.2) is 47.4 Å². The number of hydrogen-bond acceptors (Lipinski definition) is 4. The molecular formula is C21H23ClN2O4S. The summed E-state index contributed by atoms with van der Waals surface area (Å²) < 4.78 is 0. The van der Waals surface area contributed by atoms with Gasteiger partial charge in [-0.25, -0.2) is 4.79 Å². The number of rotatable bonds is 7. The Hall–Kier alpha value is -2.51. The summed E-state index contributed by atoms with van der Waals surface area (Å²) in [5.41, 5.74) is 0.853. The van der Waals surface area contributed by atoms with Gasteiger partial charge in [-0.1, -0.05) is 38.4 Å². The number of nitrogens with one attached hydrogen (secondary N) is 2. The smallest absolute Gasteiger partial charge is 0.335 e.